The highest BCUT2D eigenvalue weighted by molar-refractivity contribution is 7.95. The Labute approximate surface area is 64.7 Å². The van der Waals surface area contributed by atoms with Crippen molar-refractivity contribution in [2.24, 2.45) is 0 Å². The van der Waals surface area contributed by atoms with Gasteiger partial charge >= 0.3 is 6.09 Å². The van der Waals surface area contributed by atoms with Crippen molar-refractivity contribution < 1.29 is 9.53 Å². The quantitative estimate of drug-likeness (QED) is 0.557. The van der Waals surface area contributed by atoms with Gasteiger partial charge in [-0.3, -0.25) is 0 Å². The van der Waals surface area contributed by atoms with Crippen LogP contribution in [0, 0.1) is 0 Å². The van der Waals surface area contributed by atoms with Crippen molar-refractivity contribution in [2.45, 2.75) is 0 Å². The van der Waals surface area contributed by atoms with Gasteiger partial charge < -0.3 is 9.64 Å². The van der Waals surface area contributed by atoms with Crippen LogP contribution in [0.25, 0.3) is 0 Å². The molecule has 0 fully saturated rings. The number of carbonyl (C=O) groups is 1. The fourth-order valence-corrected chi connectivity index (χ4v) is 0.634. The molecule has 0 unspecified atom stereocenters. The summed E-state index contributed by atoms with van der Waals surface area (Å²) in [6.07, 6.45) is 3.80. The minimum Gasteiger partial charge on any atom is -0.402 e. The Kier molecular flexibility index (Phi) is 4.27. The van der Waals surface area contributed by atoms with Gasteiger partial charge in [0.1, 0.15) is 12.5 Å². The van der Waals surface area contributed by atoms with Crippen molar-refractivity contribution >= 4 is 17.0 Å². The van der Waals surface area contributed by atoms with Crippen LogP contribution in [0.1, 0.15) is 0 Å². The molecule has 0 spiro atoms. The SMILES string of the molecule is CN(C)C(=O)OC[S+](C)C. The number of ether oxygens (including phenoxy) is 1. The standard InChI is InChI=1S/C6H14NO2S/c1-7(2)6(8)9-5-10(3)4/h5H2,1-4H3/q+1. The van der Waals surface area contributed by atoms with Crippen LogP contribution in [-0.2, 0) is 15.6 Å². The van der Waals surface area contributed by atoms with E-state index in [0.717, 1.165) is 0 Å². The van der Waals surface area contributed by atoms with Gasteiger partial charge in [-0.25, -0.2) is 4.79 Å². The molecule has 0 aromatic heterocycles. The van der Waals surface area contributed by atoms with Crippen molar-refractivity contribution in [1.82, 2.24) is 4.90 Å². The minimum atomic E-state index is -0.263. The fourth-order valence-electron chi connectivity index (χ4n) is 0.297. The van der Waals surface area contributed by atoms with Gasteiger partial charge in [-0.2, -0.15) is 0 Å². The first-order chi connectivity index (χ1) is 4.54. The molecule has 10 heavy (non-hydrogen) atoms. The second-order valence-electron chi connectivity index (χ2n) is 2.41. The average Bonchev–Trinajstić information content (AvgIpc) is 1.82. The van der Waals surface area contributed by atoms with E-state index in [1.165, 1.54) is 4.90 Å². The highest BCUT2D eigenvalue weighted by atomic mass is 32.2. The summed E-state index contributed by atoms with van der Waals surface area (Å²) >= 11 is 0. The molecule has 4 heteroatoms. The summed E-state index contributed by atoms with van der Waals surface area (Å²) in [6.45, 7) is 0. The van der Waals surface area contributed by atoms with Gasteiger partial charge in [0.25, 0.3) is 5.94 Å². The van der Waals surface area contributed by atoms with E-state index >= 15 is 0 Å². The molecule has 0 aliphatic heterocycles. The molecular formula is C6H14NO2S+. The van der Waals surface area contributed by atoms with Gasteiger partial charge in [-0.15, -0.1) is 0 Å². The lowest BCUT2D eigenvalue weighted by molar-refractivity contribution is 0.136. The number of hydrogen-bond donors (Lipinski definition) is 0. The normalized spacial score (nSPS) is 9.70. The molecule has 0 rings (SSSR count). The summed E-state index contributed by atoms with van der Waals surface area (Å²) in [5, 5.41) is 0. The Balaban J connectivity index is 3.40. The highest BCUT2D eigenvalue weighted by Gasteiger charge is 2.08. The van der Waals surface area contributed by atoms with Crippen LogP contribution in [0.15, 0.2) is 0 Å². The average molecular weight is 164 g/mol. The molecule has 0 atom stereocenters. The second kappa shape index (κ2) is 4.44. The summed E-state index contributed by atoms with van der Waals surface area (Å²) in [6, 6.07) is 0. The molecule has 0 saturated heterocycles. The molecular weight excluding hydrogens is 150 g/mol. The molecule has 0 saturated carbocycles. The first-order valence-electron chi connectivity index (χ1n) is 2.92. The van der Waals surface area contributed by atoms with Gasteiger partial charge in [-0.1, -0.05) is 0 Å². The van der Waals surface area contributed by atoms with Gasteiger partial charge in [0.15, 0.2) is 0 Å². The van der Waals surface area contributed by atoms with Crippen molar-refractivity contribution in [2.75, 3.05) is 32.5 Å². The Morgan fingerprint density at radius 1 is 1.50 bits per heavy atom. The molecule has 3 nitrogen and oxygen atoms in total. The van der Waals surface area contributed by atoms with E-state index in [1.807, 2.05) is 12.5 Å². The number of nitrogens with zero attached hydrogens (tertiary/aromatic N) is 1. The maximum absolute atomic E-state index is 10.8. The van der Waals surface area contributed by atoms with Crippen LogP contribution in [0.5, 0.6) is 0 Å². The third-order valence-corrected chi connectivity index (χ3v) is 1.37. The lowest BCUT2D eigenvalue weighted by Crippen LogP contribution is -2.24. The van der Waals surface area contributed by atoms with Crippen molar-refractivity contribution in [3.63, 3.8) is 0 Å². The predicted octanol–water partition coefficient (Wildman–Crippen LogP) is 0.520. The Bertz CT molecular complexity index is 114. The largest absolute Gasteiger partial charge is 0.412 e. The van der Waals surface area contributed by atoms with Crippen LogP contribution in [0.4, 0.5) is 4.79 Å². The maximum Gasteiger partial charge on any atom is 0.412 e. The Hall–Kier alpha value is -0.380. The Morgan fingerprint density at radius 2 is 2.00 bits per heavy atom. The number of carbonyl (C=O) groups excluding carboxylic acids is 1. The summed E-state index contributed by atoms with van der Waals surface area (Å²) < 4.78 is 4.86. The van der Waals surface area contributed by atoms with Crippen molar-refractivity contribution in [1.29, 1.82) is 0 Å². The van der Waals surface area contributed by atoms with E-state index in [-0.39, 0.29) is 17.0 Å². The molecule has 0 N–H and O–H groups in total. The van der Waals surface area contributed by atoms with E-state index in [4.69, 9.17) is 4.74 Å². The van der Waals surface area contributed by atoms with Crippen molar-refractivity contribution in [3.8, 4) is 0 Å². The van der Waals surface area contributed by atoms with E-state index < -0.39 is 0 Å². The third kappa shape index (κ3) is 4.49. The van der Waals surface area contributed by atoms with E-state index in [0.29, 0.717) is 5.94 Å². The summed E-state index contributed by atoms with van der Waals surface area (Å²) in [5.74, 6) is 0.525. The molecule has 0 aliphatic carbocycles. The molecule has 0 bridgehead atoms. The predicted molar refractivity (Wildman–Crippen MR) is 44.2 cm³/mol. The molecule has 1 amide bonds. The zero-order chi connectivity index (χ0) is 8.15. The fraction of sp³-hybridized carbons (Fsp3) is 0.833. The molecule has 60 valence electrons. The summed E-state index contributed by atoms with van der Waals surface area (Å²) in [7, 11) is 3.52. The first kappa shape index (κ1) is 9.62. The summed E-state index contributed by atoms with van der Waals surface area (Å²) in [4.78, 5) is 12.2. The molecule has 0 aromatic rings. The highest BCUT2D eigenvalue weighted by Crippen LogP contribution is 1.90. The lowest BCUT2D eigenvalue weighted by atomic mass is 10.9. The third-order valence-electron chi connectivity index (χ3n) is 0.783. The van der Waals surface area contributed by atoms with Gasteiger partial charge in [0.05, 0.1) is 0 Å². The number of rotatable bonds is 2. The molecule has 0 radical (unpaired) electrons. The van der Waals surface area contributed by atoms with Gasteiger partial charge in [-0.05, 0) is 0 Å². The van der Waals surface area contributed by atoms with E-state index in [9.17, 15) is 4.79 Å². The first-order valence-corrected chi connectivity index (χ1v) is 5.13. The van der Waals surface area contributed by atoms with Crippen LogP contribution in [-0.4, -0.2) is 43.5 Å². The Morgan fingerprint density at radius 3 is 2.30 bits per heavy atom. The maximum atomic E-state index is 10.8. The van der Waals surface area contributed by atoms with Gasteiger partial charge in [0, 0.05) is 25.0 Å². The smallest absolute Gasteiger partial charge is 0.402 e. The monoisotopic (exact) mass is 164 g/mol. The van der Waals surface area contributed by atoms with Crippen molar-refractivity contribution in [3.05, 3.63) is 0 Å². The van der Waals surface area contributed by atoms with Crippen LogP contribution >= 0.6 is 0 Å². The zero-order valence-electron chi connectivity index (χ0n) is 6.88. The lowest BCUT2D eigenvalue weighted by Gasteiger charge is -2.08. The van der Waals surface area contributed by atoms with Crippen LogP contribution in [0.2, 0.25) is 0 Å². The zero-order valence-corrected chi connectivity index (χ0v) is 7.70. The van der Waals surface area contributed by atoms with Crippen LogP contribution < -0.4 is 0 Å². The van der Waals surface area contributed by atoms with E-state index in [2.05, 4.69) is 0 Å². The second-order valence-corrected chi connectivity index (χ2v) is 4.62. The number of hydrogen-bond acceptors (Lipinski definition) is 2. The molecule has 0 heterocycles. The van der Waals surface area contributed by atoms with Gasteiger partial charge in [0.2, 0.25) is 0 Å². The minimum absolute atomic E-state index is 0.178. The summed E-state index contributed by atoms with van der Waals surface area (Å²) in [5.41, 5.74) is 0. The number of amides is 1. The van der Waals surface area contributed by atoms with Crippen LogP contribution in [0.3, 0.4) is 0 Å². The molecule has 0 aromatic carbocycles. The van der Waals surface area contributed by atoms with E-state index in [1.54, 1.807) is 14.1 Å². The molecule has 0 aliphatic rings. The topological polar surface area (TPSA) is 29.5 Å².